The number of amides is 1. The third kappa shape index (κ3) is 7.18. The summed E-state index contributed by atoms with van der Waals surface area (Å²) in [5.74, 6) is 6.08. The Morgan fingerprint density at radius 2 is 1.71 bits per heavy atom. The molecule has 1 amide bonds. The first-order chi connectivity index (χ1) is 21.5. The van der Waals surface area contributed by atoms with Crippen molar-refractivity contribution in [3.05, 3.63) is 35.9 Å². The van der Waals surface area contributed by atoms with Crippen LogP contribution >= 0.6 is 0 Å². The average Bonchev–Trinajstić information content (AvgIpc) is 3.38. The van der Waals surface area contributed by atoms with E-state index in [4.69, 9.17) is 9.47 Å². The minimum absolute atomic E-state index is 0.0682. The molecule has 45 heavy (non-hydrogen) atoms. The first kappa shape index (κ1) is 34.0. The van der Waals surface area contributed by atoms with Gasteiger partial charge in [0.05, 0.1) is 13.5 Å². The van der Waals surface area contributed by atoms with Gasteiger partial charge in [-0.3, -0.25) is 9.59 Å². The maximum atomic E-state index is 12.8. The van der Waals surface area contributed by atoms with Gasteiger partial charge in [0.2, 0.25) is 5.91 Å². The molecule has 5 heteroatoms. The van der Waals surface area contributed by atoms with Crippen molar-refractivity contribution in [2.75, 3.05) is 12.4 Å². The fraction of sp³-hybridized carbons (Fsp3) is 0.750. The lowest BCUT2D eigenvalue weighted by molar-refractivity contribution is -0.152. The van der Waals surface area contributed by atoms with Crippen molar-refractivity contribution in [3.63, 3.8) is 0 Å². The van der Waals surface area contributed by atoms with Gasteiger partial charge in [0.25, 0.3) is 0 Å². The zero-order chi connectivity index (χ0) is 32.4. The van der Waals surface area contributed by atoms with E-state index in [1.165, 1.54) is 56.9 Å². The van der Waals surface area contributed by atoms with E-state index >= 15 is 0 Å². The van der Waals surface area contributed by atoms with Gasteiger partial charge in [0, 0.05) is 18.5 Å². The fourth-order valence-corrected chi connectivity index (χ4v) is 10.7. The molecule has 0 aromatic heterocycles. The summed E-state index contributed by atoms with van der Waals surface area (Å²) in [7, 11) is 1.61. The van der Waals surface area contributed by atoms with Gasteiger partial charge >= 0.3 is 5.97 Å². The molecule has 0 spiro atoms. The Morgan fingerprint density at radius 3 is 2.40 bits per heavy atom. The average molecular weight is 620 g/mol. The van der Waals surface area contributed by atoms with E-state index in [9.17, 15) is 9.59 Å². The van der Waals surface area contributed by atoms with Gasteiger partial charge in [0.1, 0.15) is 11.9 Å². The highest BCUT2D eigenvalue weighted by Gasteiger charge is 2.59. The van der Waals surface area contributed by atoms with Crippen molar-refractivity contribution in [1.29, 1.82) is 0 Å². The van der Waals surface area contributed by atoms with Crippen molar-refractivity contribution in [1.82, 2.24) is 0 Å². The highest BCUT2D eigenvalue weighted by Crippen LogP contribution is 2.67. The van der Waals surface area contributed by atoms with Gasteiger partial charge in [-0.2, -0.15) is 0 Å². The predicted octanol–water partition coefficient (Wildman–Crippen LogP) is 10.0. The summed E-state index contributed by atoms with van der Waals surface area (Å²) in [6.45, 7) is 15.0. The largest absolute Gasteiger partial charge is 0.497 e. The van der Waals surface area contributed by atoms with Crippen LogP contribution in [-0.4, -0.2) is 25.1 Å². The van der Waals surface area contributed by atoms with Gasteiger partial charge in [-0.05, 0) is 128 Å². The number of allylic oxidation sites excluding steroid dienone is 1. The molecule has 0 aliphatic heterocycles. The number of hydrogen-bond donors (Lipinski definition) is 1. The fourth-order valence-electron chi connectivity index (χ4n) is 10.7. The van der Waals surface area contributed by atoms with Crippen molar-refractivity contribution in [3.8, 4) is 5.75 Å². The number of esters is 1. The number of carbonyl (C=O) groups is 2. The number of nitrogens with one attached hydrogen (secondary N) is 1. The molecule has 3 saturated carbocycles. The van der Waals surface area contributed by atoms with Crippen molar-refractivity contribution >= 4 is 17.6 Å². The van der Waals surface area contributed by atoms with Crippen molar-refractivity contribution in [2.24, 2.45) is 52.3 Å². The van der Waals surface area contributed by atoms with E-state index in [-0.39, 0.29) is 36.2 Å². The summed E-state index contributed by atoms with van der Waals surface area (Å²) >= 11 is 0. The molecule has 0 radical (unpaired) electrons. The topological polar surface area (TPSA) is 64.6 Å². The molecule has 1 aromatic rings. The lowest BCUT2D eigenvalue weighted by Gasteiger charge is -2.58. The van der Waals surface area contributed by atoms with Crippen molar-refractivity contribution in [2.45, 2.75) is 131 Å². The summed E-state index contributed by atoms with van der Waals surface area (Å²) in [5.41, 5.74) is 2.96. The Labute approximate surface area is 273 Å². The van der Waals surface area contributed by atoms with Gasteiger partial charge in [-0.25, -0.2) is 0 Å². The van der Waals surface area contributed by atoms with Gasteiger partial charge < -0.3 is 14.8 Å². The van der Waals surface area contributed by atoms with Crippen LogP contribution in [0.25, 0.3) is 0 Å². The third-order valence-corrected chi connectivity index (χ3v) is 13.5. The Morgan fingerprint density at radius 1 is 0.956 bits per heavy atom. The number of hydrogen-bond acceptors (Lipinski definition) is 4. The summed E-state index contributed by atoms with van der Waals surface area (Å²) in [6.07, 6.45) is 16.5. The van der Waals surface area contributed by atoms with Crippen molar-refractivity contribution < 1.29 is 19.1 Å². The second-order valence-corrected chi connectivity index (χ2v) is 16.1. The van der Waals surface area contributed by atoms with E-state index in [1.807, 2.05) is 0 Å². The molecule has 1 N–H and O–H groups in total. The van der Waals surface area contributed by atoms with Crippen LogP contribution < -0.4 is 10.1 Å². The lowest BCUT2D eigenvalue weighted by atomic mass is 9.47. The van der Waals surface area contributed by atoms with Crippen LogP contribution in [-0.2, 0) is 14.3 Å². The third-order valence-electron chi connectivity index (χ3n) is 13.5. The SMILES string of the molecule is CC[C@H](CC[C@@H](C)[C@H]1CC[C@H]2[C@@H]3CC=C4C[C@@H](OC(=O)CCC(=O)Nc5ccc(OC)cc5)CC[C@]4(C)[C@H]3CC[C@]12C)C(C)C. The second-order valence-electron chi connectivity index (χ2n) is 16.1. The van der Waals surface area contributed by atoms with Crippen LogP contribution in [0.4, 0.5) is 5.69 Å². The molecule has 4 aliphatic carbocycles. The van der Waals surface area contributed by atoms with Gasteiger partial charge in [-0.15, -0.1) is 0 Å². The predicted molar refractivity (Wildman–Crippen MR) is 183 cm³/mol. The Kier molecular flexibility index (Phi) is 10.8. The maximum Gasteiger partial charge on any atom is 0.306 e. The smallest absolute Gasteiger partial charge is 0.306 e. The number of ether oxygens (including phenoxy) is 2. The standard InChI is InChI=1S/C40H61NO4/c1-8-28(26(2)3)10-9-27(4)34-17-18-35-33-16-11-29-25-32(21-23-39(29,5)36(33)22-24-40(34,35)6)45-38(43)20-19-37(42)41-30-12-14-31(44-7)15-13-30/h11-15,26-28,32-36H,8-10,16-25H2,1-7H3,(H,41,42)/t27-,28-,32+,33+,34-,35+,36+,39+,40-/m1/s1. The molecule has 9 atom stereocenters. The van der Waals surface area contributed by atoms with E-state index in [1.54, 1.807) is 31.4 Å². The minimum Gasteiger partial charge on any atom is -0.497 e. The van der Waals surface area contributed by atoms with Crippen LogP contribution in [0, 0.1) is 52.3 Å². The lowest BCUT2D eigenvalue weighted by Crippen LogP contribution is -2.51. The van der Waals surface area contributed by atoms with Crippen LogP contribution in [0.2, 0.25) is 0 Å². The number of methoxy groups -OCH3 is 1. The van der Waals surface area contributed by atoms with Crippen LogP contribution in [0.3, 0.4) is 0 Å². The molecule has 3 fully saturated rings. The second kappa shape index (κ2) is 14.2. The summed E-state index contributed by atoms with van der Waals surface area (Å²) in [5, 5.41) is 2.85. The zero-order valence-electron chi connectivity index (χ0n) is 29.3. The zero-order valence-corrected chi connectivity index (χ0v) is 29.3. The van der Waals surface area contributed by atoms with Gasteiger partial charge in [-0.1, -0.05) is 66.0 Å². The van der Waals surface area contributed by atoms with E-state index in [0.717, 1.165) is 66.4 Å². The van der Waals surface area contributed by atoms with Gasteiger partial charge in [0.15, 0.2) is 0 Å². The summed E-state index contributed by atoms with van der Waals surface area (Å²) in [4.78, 5) is 25.2. The minimum atomic E-state index is -0.263. The summed E-state index contributed by atoms with van der Waals surface area (Å²) in [6, 6.07) is 7.20. The molecule has 5 rings (SSSR count). The number of rotatable bonds is 12. The first-order valence-electron chi connectivity index (χ1n) is 18.3. The number of anilines is 1. The number of benzene rings is 1. The highest BCUT2D eigenvalue weighted by atomic mass is 16.5. The molecular weight excluding hydrogens is 558 g/mol. The molecule has 0 saturated heterocycles. The molecule has 1 aromatic carbocycles. The monoisotopic (exact) mass is 619 g/mol. The molecule has 4 aliphatic rings. The van der Waals surface area contributed by atoms with E-state index in [2.05, 4.69) is 52.9 Å². The molecule has 5 nitrogen and oxygen atoms in total. The normalized spacial score (nSPS) is 33.7. The quantitative estimate of drug-likeness (QED) is 0.187. The van der Waals surface area contributed by atoms with Crippen LogP contribution in [0.5, 0.6) is 5.75 Å². The highest BCUT2D eigenvalue weighted by molar-refractivity contribution is 5.92. The molecule has 0 heterocycles. The summed E-state index contributed by atoms with van der Waals surface area (Å²) < 4.78 is 11.1. The van der Waals surface area contributed by atoms with Crippen LogP contribution in [0.15, 0.2) is 35.9 Å². The maximum absolute atomic E-state index is 12.8. The van der Waals surface area contributed by atoms with E-state index in [0.29, 0.717) is 11.1 Å². The number of fused-ring (bicyclic) bond motifs is 5. The Bertz CT molecular complexity index is 1210. The van der Waals surface area contributed by atoms with Crippen LogP contribution in [0.1, 0.15) is 125 Å². The Balaban J connectivity index is 1.13. The molecule has 0 bridgehead atoms. The molecule has 250 valence electrons. The van der Waals surface area contributed by atoms with E-state index < -0.39 is 0 Å². The number of carbonyl (C=O) groups excluding carboxylic acids is 2. The first-order valence-corrected chi connectivity index (χ1v) is 18.3. The molecule has 0 unspecified atom stereocenters. The Hall–Kier alpha value is -2.30. The molecular formula is C40H61NO4.